The smallest absolute Gasteiger partial charge is 0.182 e. The largest absolute Gasteiger partial charge is 0.399 e. The third-order valence-electron chi connectivity index (χ3n) is 3.03. The molecule has 0 amide bonds. The Bertz CT molecular complexity index is 531. The third kappa shape index (κ3) is 2.90. The Morgan fingerprint density at radius 1 is 1.37 bits per heavy atom. The van der Waals surface area contributed by atoms with Crippen LogP contribution in [0.15, 0.2) is 18.2 Å². The molecule has 0 saturated heterocycles. The van der Waals surface area contributed by atoms with Gasteiger partial charge in [-0.05, 0) is 47.5 Å². The minimum Gasteiger partial charge on any atom is -0.399 e. The van der Waals surface area contributed by atoms with Gasteiger partial charge in [0.25, 0.3) is 0 Å². The topological polar surface area (TPSA) is 78.8 Å². The number of nitrogens with zero attached hydrogens (tertiary/aromatic N) is 4. The van der Waals surface area contributed by atoms with Gasteiger partial charge in [-0.2, -0.15) is 0 Å². The maximum atomic E-state index is 5.88. The fourth-order valence-electron chi connectivity index (χ4n) is 2.13. The monoisotopic (exact) mass is 261 g/mol. The van der Waals surface area contributed by atoms with Crippen molar-refractivity contribution in [2.45, 2.75) is 26.3 Å². The number of rotatable bonds is 5. The number of ether oxygens (including phenoxy) is 1. The molecule has 0 aliphatic rings. The van der Waals surface area contributed by atoms with E-state index in [1.165, 1.54) is 0 Å². The first-order chi connectivity index (χ1) is 9.15. The predicted octanol–water partition coefficient (Wildman–Crippen LogP) is 1.83. The van der Waals surface area contributed by atoms with Crippen LogP contribution in [0.4, 0.5) is 5.69 Å². The van der Waals surface area contributed by atoms with Crippen molar-refractivity contribution in [1.29, 1.82) is 0 Å². The summed E-state index contributed by atoms with van der Waals surface area (Å²) in [6.45, 7) is 4.66. The van der Waals surface area contributed by atoms with Gasteiger partial charge in [0.05, 0.1) is 12.6 Å². The fraction of sp³-hybridized carbons (Fsp3) is 0.462. The lowest BCUT2D eigenvalue weighted by molar-refractivity contribution is 0.147. The van der Waals surface area contributed by atoms with Crippen LogP contribution in [0.2, 0.25) is 0 Å². The lowest BCUT2D eigenvalue weighted by Crippen LogP contribution is -2.16. The van der Waals surface area contributed by atoms with E-state index in [2.05, 4.69) is 22.4 Å². The minimum atomic E-state index is 0.122. The van der Waals surface area contributed by atoms with Crippen LogP contribution in [0.1, 0.15) is 24.9 Å². The first-order valence-corrected chi connectivity index (χ1v) is 6.30. The number of hydrogen-bond acceptors (Lipinski definition) is 5. The second-order valence-electron chi connectivity index (χ2n) is 4.60. The highest BCUT2D eigenvalue weighted by atomic mass is 16.5. The molecule has 0 saturated carbocycles. The van der Waals surface area contributed by atoms with Gasteiger partial charge in [-0.25, -0.2) is 4.68 Å². The number of hydrogen-bond donors (Lipinski definition) is 1. The van der Waals surface area contributed by atoms with Crippen molar-refractivity contribution in [3.05, 3.63) is 23.8 Å². The number of anilines is 1. The van der Waals surface area contributed by atoms with Crippen molar-refractivity contribution in [2.75, 3.05) is 19.5 Å². The molecular weight excluding hydrogens is 242 g/mol. The van der Waals surface area contributed by atoms with E-state index in [1.54, 1.807) is 11.8 Å². The van der Waals surface area contributed by atoms with Crippen LogP contribution in [-0.4, -0.2) is 33.9 Å². The summed E-state index contributed by atoms with van der Waals surface area (Å²) in [5, 5.41) is 12.0. The summed E-state index contributed by atoms with van der Waals surface area (Å²) in [7, 11) is 1.68. The Morgan fingerprint density at radius 3 is 2.79 bits per heavy atom. The van der Waals surface area contributed by atoms with Gasteiger partial charge in [0.1, 0.15) is 0 Å². The Labute approximate surface area is 112 Å². The van der Waals surface area contributed by atoms with E-state index in [1.807, 2.05) is 25.1 Å². The molecular formula is C13H19N5O. The molecule has 1 heterocycles. The molecule has 19 heavy (non-hydrogen) atoms. The lowest BCUT2D eigenvalue weighted by atomic mass is 10.1. The molecule has 0 aliphatic carbocycles. The first kappa shape index (κ1) is 13.5. The summed E-state index contributed by atoms with van der Waals surface area (Å²) in [6, 6.07) is 5.95. The van der Waals surface area contributed by atoms with Crippen LogP contribution in [0.3, 0.4) is 0 Å². The number of aryl methyl sites for hydroxylation is 1. The molecule has 2 N–H and O–H groups in total. The van der Waals surface area contributed by atoms with Crippen LogP contribution in [0.25, 0.3) is 11.4 Å². The van der Waals surface area contributed by atoms with Gasteiger partial charge in [-0.15, -0.1) is 5.10 Å². The number of tetrazole rings is 1. The molecule has 0 radical (unpaired) electrons. The molecule has 0 spiro atoms. The molecule has 0 aliphatic heterocycles. The number of aromatic nitrogens is 4. The van der Waals surface area contributed by atoms with Crippen LogP contribution in [0, 0.1) is 6.92 Å². The first-order valence-electron chi connectivity index (χ1n) is 6.30. The van der Waals surface area contributed by atoms with Gasteiger partial charge < -0.3 is 10.5 Å². The summed E-state index contributed by atoms with van der Waals surface area (Å²) in [5.74, 6) is 0.722. The van der Waals surface area contributed by atoms with Crippen molar-refractivity contribution in [3.63, 3.8) is 0 Å². The molecule has 1 aromatic carbocycles. The summed E-state index contributed by atoms with van der Waals surface area (Å²) in [4.78, 5) is 0. The second kappa shape index (κ2) is 5.79. The number of methoxy groups -OCH3 is 1. The maximum absolute atomic E-state index is 5.88. The molecule has 6 heteroatoms. The summed E-state index contributed by atoms with van der Waals surface area (Å²) in [5.41, 5.74) is 8.61. The summed E-state index contributed by atoms with van der Waals surface area (Å²) in [6.07, 6.45) is 0.896. The van der Waals surface area contributed by atoms with Gasteiger partial charge in [0, 0.05) is 18.4 Å². The van der Waals surface area contributed by atoms with E-state index in [0.717, 1.165) is 23.4 Å². The number of nitrogen functional groups attached to an aromatic ring is 1. The highest BCUT2D eigenvalue weighted by Crippen LogP contribution is 2.24. The molecule has 1 atom stereocenters. The van der Waals surface area contributed by atoms with Gasteiger partial charge in [-0.3, -0.25) is 0 Å². The number of nitrogens with two attached hydrogens (primary N) is 1. The van der Waals surface area contributed by atoms with E-state index in [4.69, 9.17) is 10.5 Å². The Kier molecular flexibility index (Phi) is 4.11. The van der Waals surface area contributed by atoms with E-state index >= 15 is 0 Å². The van der Waals surface area contributed by atoms with Crippen LogP contribution in [0.5, 0.6) is 0 Å². The van der Waals surface area contributed by atoms with Crippen molar-refractivity contribution in [2.24, 2.45) is 0 Å². The van der Waals surface area contributed by atoms with Gasteiger partial charge in [0.2, 0.25) is 0 Å². The van der Waals surface area contributed by atoms with E-state index in [9.17, 15) is 0 Å². The zero-order valence-electron chi connectivity index (χ0n) is 11.5. The van der Waals surface area contributed by atoms with Gasteiger partial charge >= 0.3 is 0 Å². The van der Waals surface area contributed by atoms with E-state index in [-0.39, 0.29) is 6.04 Å². The highest BCUT2D eigenvalue weighted by molar-refractivity contribution is 5.62. The third-order valence-corrected chi connectivity index (χ3v) is 3.03. The maximum Gasteiger partial charge on any atom is 0.182 e. The SMILES string of the molecule is CCC(COC)n1nnnc1-c1cc(C)cc(N)c1. The molecule has 0 bridgehead atoms. The lowest BCUT2D eigenvalue weighted by Gasteiger charge is -2.15. The summed E-state index contributed by atoms with van der Waals surface area (Å²) >= 11 is 0. The van der Waals surface area contributed by atoms with Crippen LogP contribution < -0.4 is 5.73 Å². The van der Waals surface area contributed by atoms with Gasteiger partial charge in [0.15, 0.2) is 5.82 Å². The van der Waals surface area contributed by atoms with Crippen molar-refractivity contribution in [3.8, 4) is 11.4 Å². The number of benzene rings is 1. The zero-order chi connectivity index (χ0) is 13.8. The van der Waals surface area contributed by atoms with Crippen LogP contribution >= 0.6 is 0 Å². The standard InChI is InChI=1S/C13H19N5O/c1-4-12(8-19-3)18-13(15-16-17-18)10-5-9(2)6-11(14)7-10/h5-7,12H,4,8,14H2,1-3H3. The minimum absolute atomic E-state index is 0.122. The van der Waals surface area contributed by atoms with Crippen molar-refractivity contribution < 1.29 is 4.74 Å². The molecule has 1 aromatic heterocycles. The average Bonchev–Trinajstić information content (AvgIpc) is 2.83. The molecule has 0 fully saturated rings. The van der Waals surface area contributed by atoms with Crippen molar-refractivity contribution in [1.82, 2.24) is 20.2 Å². The fourth-order valence-corrected chi connectivity index (χ4v) is 2.13. The quantitative estimate of drug-likeness (QED) is 0.831. The Morgan fingerprint density at radius 2 is 2.16 bits per heavy atom. The van der Waals surface area contributed by atoms with E-state index in [0.29, 0.717) is 12.3 Å². The second-order valence-corrected chi connectivity index (χ2v) is 4.60. The zero-order valence-corrected chi connectivity index (χ0v) is 11.5. The normalized spacial score (nSPS) is 12.6. The molecule has 6 nitrogen and oxygen atoms in total. The Balaban J connectivity index is 2.43. The predicted molar refractivity (Wildman–Crippen MR) is 73.6 cm³/mol. The molecule has 2 rings (SSSR count). The highest BCUT2D eigenvalue weighted by Gasteiger charge is 2.17. The summed E-state index contributed by atoms with van der Waals surface area (Å²) < 4.78 is 7.02. The van der Waals surface area contributed by atoms with Crippen LogP contribution in [-0.2, 0) is 4.74 Å². The Hall–Kier alpha value is -1.95. The van der Waals surface area contributed by atoms with Gasteiger partial charge in [-0.1, -0.05) is 6.92 Å². The molecule has 2 aromatic rings. The molecule has 102 valence electrons. The van der Waals surface area contributed by atoms with E-state index < -0.39 is 0 Å². The average molecular weight is 261 g/mol. The molecule has 1 unspecified atom stereocenters. The van der Waals surface area contributed by atoms with Crippen molar-refractivity contribution >= 4 is 5.69 Å².